The fourth-order valence-electron chi connectivity index (χ4n) is 1.85. The Balaban J connectivity index is 2.02. The highest BCUT2D eigenvalue weighted by Crippen LogP contribution is 2.24. The number of carboxylic acids is 1. The van der Waals surface area contributed by atoms with Crippen LogP contribution in [-0.4, -0.2) is 22.7 Å². The van der Waals surface area contributed by atoms with Gasteiger partial charge in [-0.2, -0.15) is 0 Å². The number of carbonyl (C=O) groups is 1. The van der Waals surface area contributed by atoms with Gasteiger partial charge in [-0.15, -0.1) is 0 Å². The lowest BCUT2D eigenvalue weighted by molar-refractivity contribution is -0.136. The molecule has 5 nitrogen and oxygen atoms in total. The molecule has 0 aliphatic heterocycles. The number of nitrogens with one attached hydrogen (secondary N) is 1. The zero-order valence-corrected chi connectivity index (χ0v) is 11.2. The molecule has 0 aliphatic carbocycles. The average Bonchev–Trinajstić information content (AvgIpc) is 2.87. The SMILES string of the molecule is C[C@@H](O)c1ccc(-c2ccc(CNCC(=O)O)o2)cc1. The highest BCUT2D eigenvalue weighted by atomic mass is 16.4. The summed E-state index contributed by atoms with van der Waals surface area (Å²) in [6.45, 7) is 1.99. The molecule has 0 aliphatic rings. The predicted molar refractivity (Wildman–Crippen MR) is 74.1 cm³/mol. The van der Waals surface area contributed by atoms with E-state index in [1.807, 2.05) is 36.4 Å². The van der Waals surface area contributed by atoms with Crippen molar-refractivity contribution in [2.24, 2.45) is 0 Å². The van der Waals surface area contributed by atoms with Crippen molar-refractivity contribution in [1.29, 1.82) is 0 Å². The van der Waals surface area contributed by atoms with Crippen LogP contribution in [-0.2, 0) is 11.3 Å². The predicted octanol–water partition coefficient (Wildman–Crippen LogP) is 2.17. The first kappa shape index (κ1) is 14.3. The lowest BCUT2D eigenvalue weighted by Gasteiger charge is -2.05. The van der Waals surface area contributed by atoms with E-state index in [0.717, 1.165) is 11.1 Å². The second kappa shape index (κ2) is 6.36. The van der Waals surface area contributed by atoms with Crippen molar-refractivity contribution in [2.45, 2.75) is 19.6 Å². The minimum atomic E-state index is -0.898. The summed E-state index contributed by atoms with van der Waals surface area (Å²) >= 11 is 0. The van der Waals surface area contributed by atoms with E-state index in [4.69, 9.17) is 9.52 Å². The molecule has 0 radical (unpaired) electrons. The number of aliphatic hydroxyl groups is 1. The van der Waals surface area contributed by atoms with Gasteiger partial charge in [-0.25, -0.2) is 0 Å². The van der Waals surface area contributed by atoms with Crippen LogP contribution in [0.1, 0.15) is 24.4 Å². The maximum absolute atomic E-state index is 10.4. The van der Waals surface area contributed by atoms with Gasteiger partial charge in [0.05, 0.1) is 19.2 Å². The van der Waals surface area contributed by atoms with E-state index in [1.165, 1.54) is 0 Å². The number of furan rings is 1. The van der Waals surface area contributed by atoms with Gasteiger partial charge in [-0.05, 0) is 24.6 Å². The van der Waals surface area contributed by atoms with Crippen LogP contribution in [0.5, 0.6) is 0 Å². The summed E-state index contributed by atoms with van der Waals surface area (Å²) in [6, 6.07) is 11.1. The molecule has 20 heavy (non-hydrogen) atoms. The van der Waals surface area contributed by atoms with Crippen LogP contribution in [0.15, 0.2) is 40.8 Å². The fraction of sp³-hybridized carbons (Fsp3) is 0.267. The summed E-state index contributed by atoms with van der Waals surface area (Å²) in [6.07, 6.45) is -0.489. The highest BCUT2D eigenvalue weighted by Gasteiger charge is 2.06. The van der Waals surface area contributed by atoms with E-state index in [0.29, 0.717) is 18.1 Å². The van der Waals surface area contributed by atoms with Crippen molar-refractivity contribution < 1.29 is 19.4 Å². The van der Waals surface area contributed by atoms with Crippen LogP contribution in [0.4, 0.5) is 0 Å². The molecule has 0 amide bonds. The Hall–Kier alpha value is -2.11. The van der Waals surface area contributed by atoms with Crippen molar-refractivity contribution >= 4 is 5.97 Å². The Labute approximate surface area is 116 Å². The van der Waals surface area contributed by atoms with E-state index >= 15 is 0 Å². The van der Waals surface area contributed by atoms with E-state index in [-0.39, 0.29) is 6.54 Å². The molecule has 1 aromatic heterocycles. The Kier molecular flexibility index (Phi) is 4.55. The van der Waals surface area contributed by atoms with Gasteiger partial charge >= 0.3 is 5.97 Å². The molecule has 1 heterocycles. The fourth-order valence-corrected chi connectivity index (χ4v) is 1.85. The summed E-state index contributed by atoms with van der Waals surface area (Å²) in [7, 11) is 0. The zero-order chi connectivity index (χ0) is 14.5. The van der Waals surface area contributed by atoms with E-state index in [2.05, 4.69) is 5.32 Å². The Morgan fingerprint density at radius 1 is 1.25 bits per heavy atom. The number of aliphatic carboxylic acids is 1. The topological polar surface area (TPSA) is 82.7 Å². The normalized spacial score (nSPS) is 12.3. The smallest absolute Gasteiger partial charge is 0.317 e. The summed E-state index contributed by atoms with van der Waals surface area (Å²) in [5.74, 6) is 0.501. The number of hydrogen-bond donors (Lipinski definition) is 3. The van der Waals surface area contributed by atoms with Gasteiger partial charge in [-0.3, -0.25) is 10.1 Å². The molecule has 5 heteroatoms. The lowest BCUT2D eigenvalue weighted by Crippen LogP contribution is -2.21. The number of benzene rings is 1. The lowest BCUT2D eigenvalue weighted by atomic mass is 10.1. The van der Waals surface area contributed by atoms with E-state index < -0.39 is 12.1 Å². The van der Waals surface area contributed by atoms with Gasteiger partial charge in [0.1, 0.15) is 11.5 Å². The van der Waals surface area contributed by atoms with Gasteiger partial charge < -0.3 is 14.6 Å². The monoisotopic (exact) mass is 275 g/mol. The van der Waals surface area contributed by atoms with Crippen molar-refractivity contribution in [1.82, 2.24) is 5.32 Å². The van der Waals surface area contributed by atoms with Gasteiger partial charge in [0.15, 0.2) is 0 Å². The number of hydrogen-bond acceptors (Lipinski definition) is 4. The molecule has 1 atom stereocenters. The molecule has 0 bridgehead atoms. The molecule has 2 aromatic rings. The minimum absolute atomic E-state index is 0.0981. The van der Waals surface area contributed by atoms with Crippen LogP contribution in [0, 0.1) is 0 Å². The first-order valence-corrected chi connectivity index (χ1v) is 6.36. The van der Waals surface area contributed by atoms with Crippen LogP contribution in [0.2, 0.25) is 0 Å². The standard InChI is InChI=1S/C15H17NO4/c1-10(17)11-2-4-12(5-3-11)14-7-6-13(20-14)8-16-9-15(18)19/h2-7,10,16-17H,8-9H2,1H3,(H,18,19)/t10-/m1/s1. The number of aliphatic hydroxyl groups excluding tert-OH is 1. The second-order valence-electron chi connectivity index (χ2n) is 4.56. The third kappa shape index (κ3) is 3.69. The van der Waals surface area contributed by atoms with Crippen LogP contribution in [0.3, 0.4) is 0 Å². The van der Waals surface area contributed by atoms with Gasteiger partial charge in [-0.1, -0.05) is 24.3 Å². The first-order chi connectivity index (χ1) is 9.56. The number of rotatable bonds is 6. The molecule has 1 aromatic carbocycles. The molecule has 0 saturated heterocycles. The molecule has 106 valence electrons. The third-order valence-electron chi connectivity index (χ3n) is 2.91. The molecule has 0 saturated carbocycles. The number of carboxylic acid groups (broad SMARTS) is 1. The van der Waals surface area contributed by atoms with Crippen LogP contribution >= 0.6 is 0 Å². The van der Waals surface area contributed by atoms with E-state index in [9.17, 15) is 9.90 Å². The zero-order valence-electron chi connectivity index (χ0n) is 11.2. The Morgan fingerprint density at radius 2 is 1.95 bits per heavy atom. The summed E-state index contributed by atoms with van der Waals surface area (Å²) in [4.78, 5) is 10.4. The summed E-state index contributed by atoms with van der Waals surface area (Å²) < 4.78 is 5.63. The Bertz CT molecular complexity index is 572. The molecule has 2 rings (SSSR count). The van der Waals surface area contributed by atoms with E-state index in [1.54, 1.807) is 6.92 Å². The largest absolute Gasteiger partial charge is 0.480 e. The quantitative estimate of drug-likeness (QED) is 0.752. The van der Waals surface area contributed by atoms with Gasteiger partial charge in [0.25, 0.3) is 0 Å². The van der Waals surface area contributed by atoms with Crippen molar-refractivity contribution in [3.8, 4) is 11.3 Å². The Morgan fingerprint density at radius 3 is 2.55 bits per heavy atom. The van der Waals surface area contributed by atoms with Gasteiger partial charge in [0, 0.05) is 5.56 Å². The van der Waals surface area contributed by atoms with Crippen molar-refractivity contribution in [2.75, 3.05) is 6.54 Å². The van der Waals surface area contributed by atoms with Crippen molar-refractivity contribution in [3.05, 3.63) is 47.7 Å². The first-order valence-electron chi connectivity index (χ1n) is 6.36. The molecule has 0 spiro atoms. The van der Waals surface area contributed by atoms with Gasteiger partial charge in [0.2, 0.25) is 0 Å². The average molecular weight is 275 g/mol. The van der Waals surface area contributed by atoms with Crippen LogP contribution in [0.25, 0.3) is 11.3 Å². The maximum atomic E-state index is 10.4. The molecule has 0 unspecified atom stereocenters. The van der Waals surface area contributed by atoms with Crippen LogP contribution < -0.4 is 5.32 Å². The molecular weight excluding hydrogens is 258 g/mol. The second-order valence-corrected chi connectivity index (χ2v) is 4.56. The third-order valence-corrected chi connectivity index (χ3v) is 2.91. The summed E-state index contributed by atoms with van der Waals surface area (Å²) in [5.41, 5.74) is 1.77. The maximum Gasteiger partial charge on any atom is 0.317 e. The molecule has 0 fully saturated rings. The van der Waals surface area contributed by atoms with Crippen molar-refractivity contribution in [3.63, 3.8) is 0 Å². The molecular formula is C15H17NO4. The highest BCUT2D eigenvalue weighted by molar-refractivity contribution is 5.69. The molecule has 3 N–H and O–H groups in total. The summed E-state index contributed by atoms with van der Waals surface area (Å²) in [5, 5.41) is 20.7. The minimum Gasteiger partial charge on any atom is -0.480 e.